The lowest BCUT2D eigenvalue weighted by Crippen LogP contribution is -2.46. The third-order valence-corrected chi connectivity index (χ3v) is 6.93. The molecule has 1 aromatic carbocycles. The van der Waals surface area contributed by atoms with Gasteiger partial charge in [-0.2, -0.15) is 0 Å². The van der Waals surface area contributed by atoms with E-state index in [1.54, 1.807) is 18.3 Å². The summed E-state index contributed by atoms with van der Waals surface area (Å²) in [6, 6.07) is 9.93. The zero-order valence-corrected chi connectivity index (χ0v) is 18.5. The Morgan fingerprint density at radius 2 is 1.67 bits per heavy atom. The number of aromatic nitrogens is 3. The Kier molecular flexibility index (Phi) is 6.07. The Labute approximate surface area is 192 Å². The third kappa shape index (κ3) is 4.74. The molecule has 0 spiro atoms. The minimum atomic E-state index is -0.302. The van der Waals surface area contributed by atoms with Crippen LogP contribution in [0.5, 0.6) is 0 Å². The summed E-state index contributed by atoms with van der Waals surface area (Å²) in [5.74, 6) is 1.20. The van der Waals surface area contributed by atoms with E-state index in [0.717, 1.165) is 48.5 Å². The quantitative estimate of drug-likeness (QED) is 0.663. The molecule has 5 rings (SSSR count). The van der Waals surface area contributed by atoms with Gasteiger partial charge in [-0.3, -0.25) is 9.59 Å². The van der Waals surface area contributed by atoms with Gasteiger partial charge in [0.15, 0.2) is 5.65 Å². The molecule has 2 amide bonds. The number of amides is 2. The first-order valence-electron chi connectivity index (χ1n) is 11.7. The maximum Gasteiger partial charge on any atom is 0.226 e. The molecule has 0 atom stereocenters. The highest BCUT2D eigenvalue weighted by atomic mass is 19.1. The first-order valence-corrected chi connectivity index (χ1v) is 11.7. The third-order valence-electron chi connectivity index (χ3n) is 6.93. The Bertz CT molecular complexity index is 1100. The van der Waals surface area contributed by atoms with Crippen molar-refractivity contribution >= 4 is 23.0 Å². The highest BCUT2D eigenvalue weighted by Gasteiger charge is 2.33. The van der Waals surface area contributed by atoms with Crippen molar-refractivity contribution in [1.29, 1.82) is 0 Å². The van der Waals surface area contributed by atoms with Crippen LogP contribution >= 0.6 is 0 Å². The molecule has 0 bridgehead atoms. The number of piperidine rings is 2. The predicted molar refractivity (Wildman–Crippen MR) is 122 cm³/mol. The van der Waals surface area contributed by atoms with E-state index in [0.29, 0.717) is 31.8 Å². The standard InChI is InChI=1S/C25H28FN5O2/c26-20-5-3-17(4-6-20)16-22(32)30-12-9-19(10-13-30)25(33)31-14-7-18(8-15-31)23-28-21-2-1-11-27-24(21)29-23/h1-6,11,18-19H,7-10,12-16H2,(H,27,28,29). The number of fused-ring (bicyclic) bond motifs is 1. The summed E-state index contributed by atoms with van der Waals surface area (Å²) >= 11 is 0. The van der Waals surface area contributed by atoms with Gasteiger partial charge in [0.25, 0.3) is 0 Å². The molecule has 2 fully saturated rings. The number of pyridine rings is 1. The van der Waals surface area contributed by atoms with Crippen molar-refractivity contribution < 1.29 is 14.0 Å². The van der Waals surface area contributed by atoms with Crippen molar-refractivity contribution in [3.8, 4) is 0 Å². The summed E-state index contributed by atoms with van der Waals surface area (Å²) in [7, 11) is 0. The van der Waals surface area contributed by atoms with Crippen LogP contribution in [0.3, 0.4) is 0 Å². The van der Waals surface area contributed by atoms with E-state index >= 15 is 0 Å². The number of hydrogen-bond donors (Lipinski definition) is 1. The van der Waals surface area contributed by atoms with Crippen LogP contribution in [0, 0.1) is 11.7 Å². The summed E-state index contributed by atoms with van der Waals surface area (Å²) in [6.45, 7) is 2.66. The van der Waals surface area contributed by atoms with Gasteiger partial charge >= 0.3 is 0 Å². The smallest absolute Gasteiger partial charge is 0.226 e. The molecule has 2 aliphatic heterocycles. The Hall–Kier alpha value is -3.29. The number of carbonyl (C=O) groups excluding carboxylic acids is 2. The van der Waals surface area contributed by atoms with Crippen LogP contribution in [0.4, 0.5) is 4.39 Å². The Morgan fingerprint density at radius 1 is 0.970 bits per heavy atom. The van der Waals surface area contributed by atoms with Gasteiger partial charge in [0, 0.05) is 44.2 Å². The maximum absolute atomic E-state index is 13.1. The number of rotatable bonds is 4. The highest BCUT2D eigenvalue weighted by Crippen LogP contribution is 2.29. The van der Waals surface area contributed by atoms with Gasteiger partial charge < -0.3 is 14.8 Å². The summed E-state index contributed by atoms with van der Waals surface area (Å²) in [5, 5.41) is 0. The molecule has 4 heterocycles. The van der Waals surface area contributed by atoms with Crippen molar-refractivity contribution in [2.45, 2.75) is 38.0 Å². The lowest BCUT2D eigenvalue weighted by atomic mass is 9.91. The summed E-state index contributed by atoms with van der Waals surface area (Å²) in [6.07, 6.45) is 5.19. The maximum atomic E-state index is 13.1. The fraction of sp³-hybridized carbons (Fsp3) is 0.440. The summed E-state index contributed by atoms with van der Waals surface area (Å²) in [4.78, 5) is 41.8. The molecule has 0 aliphatic carbocycles. The molecule has 1 N–H and O–H groups in total. The van der Waals surface area contributed by atoms with E-state index in [4.69, 9.17) is 0 Å². The molecule has 2 saturated heterocycles. The first-order chi connectivity index (χ1) is 16.1. The van der Waals surface area contributed by atoms with Crippen LogP contribution in [0.2, 0.25) is 0 Å². The number of aromatic amines is 1. The summed E-state index contributed by atoms with van der Waals surface area (Å²) in [5.41, 5.74) is 2.50. The normalized spacial score (nSPS) is 18.1. The Morgan fingerprint density at radius 3 is 2.36 bits per heavy atom. The topological polar surface area (TPSA) is 82.2 Å². The second-order valence-corrected chi connectivity index (χ2v) is 9.05. The fourth-order valence-electron chi connectivity index (χ4n) is 4.95. The van der Waals surface area contributed by atoms with E-state index in [2.05, 4.69) is 15.0 Å². The Balaban J connectivity index is 1.10. The molecular weight excluding hydrogens is 421 g/mol. The van der Waals surface area contributed by atoms with Gasteiger partial charge in [-0.1, -0.05) is 12.1 Å². The number of nitrogens with one attached hydrogen (secondary N) is 1. The minimum absolute atomic E-state index is 0.0215. The number of nitrogens with zero attached hydrogens (tertiary/aromatic N) is 4. The fourth-order valence-corrected chi connectivity index (χ4v) is 4.95. The van der Waals surface area contributed by atoms with E-state index in [9.17, 15) is 14.0 Å². The molecule has 0 saturated carbocycles. The van der Waals surface area contributed by atoms with Crippen molar-refractivity contribution in [3.63, 3.8) is 0 Å². The average Bonchev–Trinajstić information content (AvgIpc) is 3.30. The predicted octanol–water partition coefficient (Wildman–Crippen LogP) is 3.28. The molecule has 3 aromatic rings. The molecule has 172 valence electrons. The van der Waals surface area contributed by atoms with Crippen molar-refractivity contribution in [1.82, 2.24) is 24.8 Å². The SMILES string of the molecule is O=C(Cc1ccc(F)cc1)N1CCC(C(=O)N2CCC(c3nc4ncccc4[nH]3)CC2)CC1. The molecule has 2 aliphatic rings. The largest absolute Gasteiger partial charge is 0.342 e. The molecule has 2 aromatic heterocycles. The average molecular weight is 450 g/mol. The molecule has 0 unspecified atom stereocenters. The van der Waals surface area contributed by atoms with Gasteiger partial charge in [-0.05, 0) is 55.5 Å². The zero-order chi connectivity index (χ0) is 22.8. The van der Waals surface area contributed by atoms with Gasteiger partial charge in [0.05, 0.1) is 11.9 Å². The van der Waals surface area contributed by atoms with Crippen LogP contribution in [0.15, 0.2) is 42.6 Å². The van der Waals surface area contributed by atoms with E-state index < -0.39 is 0 Å². The monoisotopic (exact) mass is 449 g/mol. The lowest BCUT2D eigenvalue weighted by molar-refractivity contribution is -0.141. The number of H-pyrrole nitrogens is 1. The van der Waals surface area contributed by atoms with Crippen LogP contribution in [0.25, 0.3) is 11.2 Å². The molecule has 0 radical (unpaired) electrons. The second-order valence-electron chi connectivity index (χ2n) is 9.05. The van der Waals surface area contributed by atoms with E-state index in [-0.39, 0.29) is 30.0 Å². The molecular formula is C25H28FN5O2. The number of hydrogen-bond acceptors (Lipinski definition) is 4. The van der Waals surface area contributed by atoms with Crippen molar-refractivity contribution in [2.75, 3.05) is 26.2 Å². The minimum Gasteiger partial charge on any atom is -0.342 e. The number of carbonyl (C=O) groups is 2. The first kappa shape index (κ1) is 21.6. The molecule has 33 heavy (non-hydrogen) atoms. The van der Waals surface area contributed by atoms with Crippen LogP contribution in [0.1, 0.15) is 43.0 Å². The van der Waals surface area contributed by atoms with E-state index in [1.165, 1.54) is 12.1 Å². The lowest BCUT2D eigenvalue weighted by Gasteiger charge is -2.37. The molecule has 8 heteroatoms. The van der Waals surface area contributed by atoms with Gasteiger partial charge in [-0.25, -0.2) is 14.4 Å². The number of benzene rings is 1. The number of imidazole rings is 1. The molecule has 7 nitrogen and oxygen atoms in total. The van der Waals surface area contributed by atoms with Crippen LogP contribution in [-0.4, -0.2) is 62.7 Å². The van der Waals surface area contributed by atoms with Crippen LogP contribution in [-0.2, 0) is 16.0 Å². The van der Waals surface area contributed by atoms with Gasteiger partial charge in [0.1, 0.15) is 11.6 Å². The van der Waals surface area contributed by atoms with Crippen molar-refractivity contribution in [3.05, 3.63) is 59.8 Å². The van der Waals surface area contributed by atoms with Gasteiger partial charge in [-0.15, -0.1) is 0 Å². The zero-order valence-electron chi connectivity index (χ0n) is 18.5. The van der Waals surface area contributed by atoms with Crippen molar-refractivity contribution in [2.24, 2.45) is 5.92 Å². The van der Waals surface area contributed by atoms with Gasteiger partial charge in [0.2, 0.25) is 11.8 Å². The second kappa shape index (κ2) is 9.29. The number of halogens is 1. The summed E-state index contributed by atoms with van der Waals surface area (Å²) < 4.78 is 13.1. The van der Waals surface area contributed by atoms with E-state index in [1.807, 2.05) is 21.9 Å². The number of likely N-dealkylation sites (tertiary alicyclic amines) is 2. The van der Waals surface area contributed by atoms with Crippen LogP contribution < -0.4 is 0 Å². The highest BCUT2D eigenvalue weighted by molar-refractivity contribution is 5.81.